The average Bonchev–Trinajstić information content (AvgIpc) is 1.99. The summed E-state index contributed by atoms with van der Waals surface area (Å²) in [6.45, 7) is 5.81. The molecule has 1 atom stereocenters. The van der Waals surface area contributed by atoms with Gasteiger partial charge in [-0.3, -0.25) is 4.90 Å². The molecule has 3 heteroatoms. The Morgan fingerprint density at radius 1 is 1.40 bits per heavy atom. The van der Waals surface area contributed by atoms with Gasteiger partial charge in [0.05, 0.1) is 13.2 Å². The molecule has 0 aromatic heterocycles. The molecule has 3 nitrogen and oxygen atoms in total. The highest BCUT2D eigenvalue weighted by Gasteiger charge is 2.08. The molecule has 0 aliphatic rings. The average molecular weight is 147 g/mol. The minimum absolute atomic E-state index is 0.161. The third-order valence-electron chi connectivity index (χ3n) is 1.68. The predicted octanol–water partition coefficient (Wildman–Crippen LogP) is -0.319. The minimum Gasteiger partial charge on any atom is -0.395 e. The highest BCUT2D eigenvalue weighted by molar-refractivity contribution is 4.62. The summed E-state index contributed by atoms with van der Waals surface area (Å²) in [5.41, 5.74) is 0. The first-order valence-corrected chi connectivity index (χ1v) is 3.72. The molecule has 0 spiro atoms. The fraction of sp³-hybridized carbons (Fsp3) is 1.00. The number of nitrogens with zero attached hydrogens (tertiary/aromatic N) is 1. The number of aliphatic hydroxyl groups excluding tert-OH is 2. The van der Waals surface area contributed by atoms with Crippen molar-refractivity contribution >= 4 is 0 Å². The Balaban J connectivity index is 3.56. The summed E-state index contributed by atoms with van der Waals surface area (Å²) in [6.07, 6.45) is 0. The van der Waals surface area contributed by atoms with Gasteiger partial charge in [0.15, 0.2) is 0 Å². The zero-order chi connectivity index (χ0) is 7.98. The van der Waals surface area contributed by atoms with E-state index in [0.717, 1.165) is 6.54 Å². The van der Waals surface area contributed by atoms with Gasteiger partial charge in [-0.05, 0) is 13.5 Å². The monoisotopic (exact) mass is 147 g/mol. The highest BCUT2D eigenvalue weighted by atomic mass is 16.3. The fourth-order valence-corrected chi connectivity index (χ4v) is 0.934. The summed E-state index contributed by atoms with van der Waals surface area (Å²) >= 11 is 0. The smallest absolute Gasteiger partial charge is 0.0584 e. The molecule has 2 N–H and O–H groups in total. The third kappa shape index (κ3) is 3.15. The standard InChI is InChI=1S/C7H17NO2/c1-3-8(4-5-9)7(2)6-10/h7,9-10H,3-6H2,1-2H3. The predicted molar refractivity (Wildman–Crippen MR) is 40.9 cm³/mol. The molecule has 0 aromatic carbocycles. The number of aliphatic hydroxyl groups is 2. The van der Waals surface area contributed by atoms with E-state index >= 15 is 0 Å². The Hall–Kier alpha value is -0.120. The first-order chi connectivity index (χ1) is 4.76. The van der Waals surface area contributed by atoms with Crippen LogP contribution < -0.4 is 0 Å². The van der Waals surface area contributed by atoms with E-state index in [-0.39, 0.29) is 19.3 Å². The molecule has 10 heavy (non-hydrogen) atoms. The maximum Gasteiger partial charge on any atom is 0.0584 e. The van der Waals surface area contributed by atoms with Crippen molar-refractivity contribution in [3.05, 3.63) is 0 Å². The molecule has 0 aromatic rings. The van der Waals surface area contributed by atoms with E-state index in [4.69, 9.17) is 10.2 Å². The zero-order valence-corrected chi connectivity index (χ0v) is 6.75. The number of hydrogen-bond donors (Lipinski definition) is 2. The Morgan fingerprint density at radius 2 is 2.00 bits per heavy atom. The third-order valence-corrected chi connectivity index (χ3v) is 1.68. The van der Waals surface area contributed by atoms with Gasteiger partial charge in [0.25, 0.3) is 0 Å². The summed E-state index contributed by atoms with van der Waals surface area (Å²) < 4.78 is 0. The molecule has 0 rings (SSSR count). The lowest BCUT2D eigenvalue weighted by atomic mass is 10.3. The number of hydrogen-bond acceptors (Lipinski definition) is 3. The van der Waals surface area contributed by atoms with Crippen molar-refractivity contribution in [3.8, 4) is 0 Å². The topological polar surface area (TPSA) is 43.7 Å². The van der Waals surface area contributed by atoms with Crippen molar-refractivity contribution in [1.29, 1.82) is 0 Å². The second kappa shape index (κ2) is 5.65. The second-order valence-electron chi connectivity index (χ2n) is 2.38. The largest absolute Gasteiger partial charge is 0.395 e. The van der Waals surface area contributed by atoms with Crippen molar-refractivity contribution in [1.82, 2.24) is 4.90 Å². The van der Waals surface area contributed by atoms with Crippen LogP contribution in [0.4, 0.5) is 0 Å². The Kier molecular flexibility index (Phi) is 5.58. The molecule has 1 unspecified atom stereocenters. The molecule has 0 aliphatic heterocycles. The van der Waals surface area contributed by atoms with Gasteiger partial charge >= 0.3 is 0 Å². The number of likely N-dealkylation sites (N-methyl/N-ethyl adjacent to an activating group) is 1. The van der Waals surface area contributed by atoms with E-state index in [0.29, 0.717) is 6.54 Å². The van der Waals surface area contributed by atoms with Crippen LogP contribution in [0.25, 0.3) is 0 Å². The molecule has 0 radical (unpaired) electrons. The van der Waals surface area contributed by atoms with Crippen LogP contribution in [0.3, 0.4) is 0 Å². The molecule has 0 amide bonds. The molecule has 0 fully saturated rings. The van der Waals surface area contributed by atoms with E-state index in [1.807, 2.05) is 18.7 Å². The molecule has 0 heterocycles. The number of rotatable bonds is 5. The van der Waals surface area contributed by atoms with Gasteiger partial charge in [-0.25, -0.2) is 0 Å². The van der Waals surface area contributed by atoms with Crippen LogP contribution in [-0.2, 0) is 0 Å². The first kappa shape index (κ1) is 9.88. The van der Waals surface area contributed by atoms with Gasteiger partial charge in [0.2, 0.25) is 0 Å². The van der Waals surface area contributed by atoms with Crippen LogP contribution in [0.15, 0.2) is 0 Å². The lowest BCUT2D eigenvalue weighted by Crippen LogP contribution is -2.37. The van der Waals surface area contributed by atoms with Crippen LogP contribution in [0.5, 0.6) is 0 Å². The van der Waals surface area contributed by atoms with Crippen molar-refractivity contribution < 1.29 is 10.2 Å². The van der Waals surface area contributed by atoms with Crippen LogP contribution in [0.2, 0.25) is 0 Å². The molecular formula is C7H17NO2. The van der Waals surface area contributed by atoms with Gasteiger partial charge in [-0.1, -0.05) is 6.92 Å². The molecule has 0 aliphatic carbocycles. The lowest BCUT2D eigenvalue weighted by molar-refractivity contribution is 0.116. The highest BCUT2D eigenvalue weighted by Crippen LogP contribution is 1.95. The van der Waals surface area contributed by atoms with E-state index in [9.17, 15) is 0 Å². The van der Waals surface area contributed by atoms with Crippen LogP contribution >= 0.6 is 0 Å². The first-order valence-electron chi connectivity index (χ1n) is 3.72. The van der Waals surface area contributed by atoms with Gasteiger partial charge < -0.3 is 10.2 Å². The van der Waals surface area contributed by atoms with E-state index in [1.54, 1.807) is 0 Å². The van der Waals surface area contributed by atoms with Crippen molar-refractivity contribution in [2.75, 3.05) is 26.3 Å². The van der Waals surface area contributed by atoms with Gasteiger partial charge in [-0.2, -0.15) is 0 Å². The van der Waals surface area contributed by atoms with Crippen LogP contribution in [-0.4, -0.2) is 47.5 Å². The quantitative estimate of drug-likeness (QED) is 0.560. The summed E-state index contributed by atoms with van der Waals surface area (Å²) in [5, 5.41) is 17.3. The maximum atomic E-state index is 8.74. The van der Waals surface area contributed by atoms with Gasteiger partial charge in [0.1, 0.15) is 0 Å². The lowest BCUT2D eigenvalue weighted by Gasteiger charge is -2.24. The Morgan fingerprint density at radius 3 is 2.30 bits per heavy atom. The van der Waals surface area contributed by atoms with Crippen molar-refractivity contribution in [2.45, 2.75) is 19.9 Å². The summed E-state index contributed by atoms with van der Waals surface area (Å²) in [6, 6.07) is 0.164. The molecule has 0 saturated heterocycles. The van der Waals surface area contributed by atoms with E-state index < -0.39 is 0 Å². The van der Waals surface area contributed by atoms with Crippen LogP contribution in [0, 0.1) is 0 Å². The molecular weight excluding hydrogens is 130 g/mol. The second-order valence-corrected chi connectivity index (χ2v) is 2.38. The molecule has 62 valence electrons. The molecule has 0 bridgehead atoms. The van der Waals surface area contributed by atoms with Crippen LogP contribution in [0.1, 0.15) is 13.8 Å². The summed E-state index contributed by atoms with van der Waals surface area (Å²) in [5.74, 6) is 0. The Bertz CT molecular complexity index is 78.0. The SMILES string of the molecule is CCN(CCO)C(C)CO. The summed E-state index contributed by atoms with van der Waals surface area (Å²) in [7, 11) is 0. The van der Waals surface area contributed by atoms with Gasteiger partial charge in [-0.15, -0.1) is 0 Å². The maximum absolute atomic E-state index is 8.74. The van der Waals surface area contributed by atoms with Gasteiger partial charge in [0, 0.05) is 12.6 Å². The minimum atomic E-state index is 0.161. The van der Waals surface area contributed by atoms with E-state index in [1.165, 1.54) is 0 Å². The fourth-order valence-electron chi connectivity index (χ4n) is 0.934. The van der Waals surface area contributed by atoms with Crippen molar-refractivity contribution in [2.24, 2.45) is 0 Å². The van der Waals surface area contributed by atoms with Crippen molar-refractivity contribution in [3.63, 3.8) is 0 Å². The molecule has 0 saturated carbocycles. The Labute approximate surface area is 62.3 Å². The zero-order valence-electron chi connectivity index (χ0n) is 6.75. The summed E-state index contributed by atoms with van der Waals surface area (Å²) in [4.78, 5) is 2.03. The normalized spacial score (nSPS) is 14.1. The van der Waals surface area contributed by atoms with E-state index in [2.05, 4.69) is 0 Å².